The minimum atomic E-state index is 0.0869. The van der Waals surface area contributed by atoms with E-state index in [1.54, 1.807) is 0 Å². The number of hydrogen-bond acceptors (Lipinski definition) is 3. The molecule has 0 spiro atoms. The molecule has 1 aromatic heterocycles. The molecule has 1 aromatic rings. The number of hydrogen-bond donors (Lipinski definition) is 1. The summed E-state index contributed by atoms with van der Waals surface area (Å²) in [5.41, 5.74) is 6.96. The zero-order chi connectivity index (χ0) is 12.1. The van der Waals surface area contributed by atoms with Gasteiger partial charge in [0.25, 0.3) is 0 Å². The van der Waals surface area contributed by atoms with Crippen molar-refractivity contribution in [3.8, 4) is 0 Å². The Kier molecular flexibility index (Phi) is 4.86. The lowest BCUT2D eigenvalue weighted by molar-refractivity contribution is 0.623. The number of nitrogens with zero attached hydrogens (tertiary/aromatic N) is 1. The molecule has 2 rings (SSSR count). The quantitative estimate of drug-likeness (QED) is 0.808. The van der Waals surface area contributed by atoms with Crippen LogP contribution in [-0.2, 0) is 0 Å². The van der Waals surface area contributed by atoms with Gasteiger partial charge in [-0.2, -0.15) is 0 Å². The Labute approximate surface area is 108 Å². The molecule has 94 valence electrons. The standard InChI is InChI=1S/C14H22N2S/c1-2-13(15)14-8-7-12(9-16-14)17-10-11-5-3-4-6-11/h7-9,11,13H,2-6,10,15H2,1H3/t13-/m1/s1. The summed E-state index contributed by atoms with van der Waals surface area (Å²) in [5.74, 6) is 2.18. The van der Waals surface area contributed by atoms with Crippen LogP contribution in [0.5, 0.6) is 0 Å². The molecule has 17 heavy (non-hydrogen) atoms. The van der Waals surface area contributed by atoms with Crippen LogP contribution in [0.4, 0.5) is 0 Å². The van der Waals surface area contributed by atoms with Gasteiger partial charge in [0.2, 0.25) is 0 Å². The van der Waals surface area contributed by atoms with Crippen molar-refractivity contribution in [2.75, 3.05) is 5.75 Å². The number of aromatic nitrogens is 1. The maximum Gasteiger partial charge on any atom is 0.0571 e. The third-order valence-electron chi connectivity index (χ3n) is 3.54. The predicted octanol–water partition coefficient (Wildman–Crippen LogP) is 3.77. The normalized spacial score (nSPS) is 18.5. The van der Waals surface area contributed by atoms with Crippen molar-refractivity contribution in [1.29, 1.82) is 0 Å². The lowest BCUT2D eigenvalue weighted by Gasteiger charge is -2.10. The third-order valence-corrected chi connectivity index (χ3v) is 4.75. The molecule has 1 saturated carbocycles. The van der Waals surface area contributed by atoms with Crippen LogP contribution in [0.1, 0.15) is 50.8 Å². The van der Waals surface area contributed by atoms with E-state index in [9.17, 15) is 0 Å². The molecule has 1 fully saturated rings. The second-order valence-electron chi connectivity index (χ2n) is 4.89. The number of thioether (sulfide) groups is 1. The molecule has 0 radical (unpaired) electrons. The minimum Gasteiger partial charge on any atom is -0.323 e. The summed E-state index contributed by atoms with van der Waals surface area (Å²) >= 11 is 1.94. The molecule has 2 N–H and O–H groups in total. The van der Waals surface area contributed by atoms with E-state index in [2.05, 4.69) is 24.0 Å². The predicted molar refractivity (Wildman–Crippen MR) is 74.1 cm³/mol. The molecule has 2 nitrogen and oxygen atoms in total. The summed E-state index contributed by atoms with van der Waals surface area (Å²) < 4.78 is 0. The maximum absolute atomic E-state index is 5.95. The van der Waals surface area contributed by atoms with Crippen molar-refractivity contribution in [3.63, 3.8) is 0 Å². The Bertz CT molecular complexity index is 331. The molecule has 0 amide bonds. The first-order valence-electron chi connectivity index (χ1n) is 6.64. The lowest BCUT2D eigenvalue weighted by atomic mass is 10.1. The fourth-order valence-electron chi connectivity index (χ4n) is 2.30. The number of nitrogens with two attached hydrogens (primary N) is 1. The highest BCUT2D eigenvalue weighted by Gasteiger charge is 2.15. The number of rotatable bonds is 5. The Hall–Kier alpha value is -0.540. The van der Waals surface area contributed by atoms with E-state index >= 15 is 0 Å². The molecule has 1 aliphatic carbocycles. The van der Waals surface area contributed by atoms with Gasteiger partial charge < -0.3 is 5.73 Å². The van der Waals surface area contributed by atoms with Crippen LogP contribution in [-0.4, -0.2) is 10.7 Å². The van der Waals surface area contributed by atoms with E-state index in [0.29, 0.717) is 0 Å². The van der Waals surface area contributed by atoms with Gasteiger partial charge >= 0.3 is 0 Å². The van der Waals surface area contributed by atoms with Crippen molar-refractivity contribution in [3.05, 3.63) is 24.0 Å². The average molecular weight is 250 g/mol. The SMILES string of the molecule is CC[C@@H](N)c1ccc(SCC2CCCC2)cn1. The average Bonchev–Trinajstić information content (AvgIpc) is 2.89. The Balaban J connectivity index is 1.84. The van der Waals surface area contributed by atoms with Gasteiger partial charge in [0.1, 0.15) is 0 Å². The first kappa shape index (κ1) is 12.9. The van der Waals surface area contributed by atoms with Gasteiger partial charge in [-0.05, 0) is 37.3 Å². The first-order valence-corrected chi connectivity index (χ1v) is 7.62. The Morgan fingerprint density at radius 3 is 2.76 bits per heavy atom. The largest absolute Gasteiger partial charge is 0.323 e. The van der Waals surface area contributed by atoms with Crippen LogP contribution in [0.15, 0.2) is 23.2 Å². The van der Waals surface area contributed by atoms with Gasteiger partial charge in [-0.25, -0.2) is 0 Å². The molecule has 0 unspecified atom stereocenters. The molecule has 0 aromatic carbocycles. The van der Waals surface area contributed by atoms with Gasteiger partial charge in [-0.3, -0.25) is 4.98 Å². The fraction of sp³-hybridized carbons (Fsp3) is 0.643. The molecule has 1 aliphatic rings. The smallest absolute Gasteiger partial charge is 0.0571 e. The van der Waals surface area contributed by atoms with E-state index in [1.165, 1.54) is 36.3 Å². The highest BCUT2D eigenvalue weighted by Crippen LogP contribution is 2.30. The summed E-state index contributed by atoms with van der Waals surface area (Å²) in [6.45, 7) is 2.09. The summed E-state index contributed by atoms with van der Waals surface area (Å²) in [4.78, 5) is 5.73. The molecule has 0 bridgehead atoms. The van der Waals surface area contributed by atoms with Gasteiger partial charge in [-0.15, -0.1) is 11.8 Å². The van der Waals surface area contributed by atoms with Crippen molar-refractivity contribution in [1.82, 2.24) is 4.98 Å². The summed E-state index contributed by atoms with van der Waals surface area (Å²) in [6, 6.07) is 4.33. The molecule has 1 atom stereocenters. The van der Waals surface area contributed by atoms with Crippen molar-refractivity contribution >= 4 is 11.8 Å². The Morgan fingerprint density at radius 1 is 1.41 bits per heavy atom. The minimum absolute atomic E-state index is 0.0869. The van der Waals surface area contributed by atoms with Crippen molar-refractivity contribution in [2.45, 2.75) is 50.0 Å². The van der Waals surface area contributed by atoms with Crippen LogP contribution in [0.25, 0.3) is 0 Å². The number of pyridine rings is 1. The Morgan fingerprint density at radius 2 is 2.18 bits per heavy atom. The molecular weight excluding hydrogens is 228 g/mol. The third kappa shape index (κ3) is 3.71. The van der Waals surface area contributed by atoms with E-state index in [1.807, 2.05) is 18.0 Å². The zero-order valence-electron chi connectivity index (χ0n) is 10.6. The second-order valence-corrected chi connectivity index (χ2v) is 5.99. The van der Waals surface area contributed by atoms with E-state index in [-0.39, 0.29) is 6.04 Å². The van der Waals surface area contributed by atoms with Gasteiger partial charge in [0.05, 0.1) is 5.69 Å². The van der Waals surface area contributed by atoms with Crippen LogP contribution in [0, 0.1) is 5.92 Å². The molecule has 3 heteroatoms. The van der Waals surface area contributed by atoms with E-state index < -0.39 is 0 Å². The molecule has 0 aliphatic heterocycles. The summed E-state index contributed by atoms with van der Waals surface area (Å²) in [5, 5.41) is 0. The van der Waals surface area contributed by atoms with E-state index in [4.69, 9.17) is 5.73 Å². The summed E-state index contributed by atoms with van der Waals surface area (Å²) in [6.07, 6.45) is 8.60. The second kappa shape index (κ2) is 6.41. The van der Waals surface area contributed by atoms with Crippen LogP contribution in [0.3, 0.4) is 0 Å². The van der Waals surface area contributed by atoms with Crippen LogP contribution in [0.2, 0.25) is 0 Å². The first-order chi connectivity index (χ1) is 8.29. The van der Waals surface area contributed by atoms with Crippen molar-refractivity contribution in [2.24, 2.45) is 11.7 Å². The zero-order valence-corrected chi connectivity index (χ0v) is 11.4. The monoisotopic (exact) mass is 250 g/mol. The fourth-order valence-corrected chi connectivity index (χ4v) is 3.35. The highest BCUT2D eigenvalue weighted by atomic mass is 32.2. The molecule has 0 saturated heterocycles. The van der Waals surface area contributed by atoms with Gasteiger partial charge in [0.15, 0.2) is 0 Å². The van der Waals surface area contributed by atoms with Gasteiger partial charge in [0, 0.05) is 22.9 Å². The van der Waals surface area contributed by atoms with Crippen LogP contribution >= 0.6 is 11.8 Å². The van der Waals surface area contributed by atoms with Gasteiger partial charge in [-0.1, -0.05) is 19.8 Å². The summed E-state index contributed by atoms with van der Waals surface area (Å²) in [7, 11) is 0. The molecular formula is C14H22N2S. The maximum atomic E-state index is 5.95. The topological polar surface area (TPSA) is 38.9 Å². The van der Waals surface area contributed by atoms with Crippen molar-refractivity contribution < 1.29 is 0 Å². The molecule has 1 heterocycles. The van der Waals surface area contributed by atoms with E-state index in [0.717, 1.165) is 18.0 Å². The highest BCUT2D eigenvalue weighted by molar-refractivity contribution is 7.99. The lowest BCUT2D eigenvalue weighted by Crippen LogP contribution is -2.10. The van der Waals surface area contributed by atoms with Crippen LogP contribution < -0.4 is 5.73 Å².